The Kier molecular flexibility index (Phi) is 7.34. The van der Waals surface area contributed by atoms with E-state index >= 15 is 0 Å². The van der Waals surface area contributed by atoms with Crippen molar-refractivity contribution >= 4 is 33.2 Å². The van der Waals surface area contributed by atoms with Crippen LogP contribution >= 0.6 is 27.5 Å². The maximum absolute atomic E-state index is 10.5. The molecule has 0 saturated carbocycles. The lowest BCUT2D eigenvalue weighted by molar-refractivity contribution is 0.411. The Morgan fingerprint density at radius 1 is 1.07 bits per heavy atom. The smallest absolute Gasteiger partial charge is 0.122 e. The average Bonchev–Trinajstić information content (AvgIpc) is 2.71. The highest BCUT2D eigenvalue weighted by Crippen LogP contribution is 2.35. The maximum atomic E-state index is 10.5. The van der Waals surface area contributed by atoms with E-state index in [-0.39, 0.29) is 11.7 Å². The minimum atomic E-state index is -0.0744. The number of hydrogen-bond donors (Lipinski definition) is 2. The zero-order valence-electron chi connectivity index (χ0n) is 16.2. The third kappa shape index (κ3) is 5.62. The molecule has 150 valence electrons. The van der Waals surface area contributed by atoms with Gasteiger partial charge in [0, 0.05) is 21.6 Å². The van der Waals surface area contributed by atoms with E-state index in [4.69, 9.17) is 21.7 Å². The molecule has 0 amide bonds. The van der Waals surface area contributed by atoms with Gasteiger partial charge in [0.15, 0.2) is 0 Å². The molecule has 3 nitrogen and oxygen atoms in total. The van der Waals surface area contributed by atoms with Crippen LogP contribution < -0.4 is 4.74 Å². The summed E-state index contributed by atoms with van der Waals surface area (Å²) >= 11 is 9.82. The monoisotopic (exact) mass is 471 g/mol. The third-order valence-corrected chi connectivity index (χ3v) is 5.95. The molecule has 2 N–H and O–H groups in total. The molecule has 0 radical (unpaired) electrons. The number of para-hydroxylation sites is 1. The Hall–Kier alpha value is -2.30. The van der Waals surface area contributed by atoms with Crippen molar-refractivity contribution in [3.8, 4) is 11.5 Å². The second kappa shape index (κ2) is 9.95. The summed E-state index contributed by atoms with van der Waals surface area (Å²) in [4.78, 5) is 0. The first kappa shape index (κ1) is 21.4. The lowest BCUT2D eigenvalue weighted by Crippen LogP contribution is -2.12. The van der Waals surface area contributed by atoms with Crippen LogP contribution in [0.2, 0.25) is 5.02 Å². The van der Waals surface area contributed by atoms with Crippen molar-refractivity contribution in [3.05, 3.63) is 92.9 Å². The topological polar surface area (TPSA) is 53.3 Å². The number of methoxy groups -OCH3 is 1. The number of aromatic hydroxyl groups is 1. The summed E-state index contributed by atoms with van der Waals surface area (Å²) in [6.45, 7) is 0. The fourth-order valence-electron chi connectivity index (χ4n) is 3.52. The normalized spacial score (nSPS) is 11.8. The molecule has 0 fully saturated rings. The van der Waals surface area contributed by atoms with E-state index in [0.29, 0.717) is 30.0 Å². The standard InChI is InChI=1S/C24H23BrClNO2/c1-29-24-9-5-3-7-17(24)13-20(27)14-18(12-16-6-2-4-8-22(16)25)21-15-19(26)10-11-23(21)28/h2-11,15,18,27-28H,12-14H2,1H3. The number of rotatable bonds is 8. The molecule has 3 aromatic rings. The van der Waals surface area contributed by atoms with Gasteiger partial charge < -0.3 is 15.3 Å². The number of ether oxygens (including phenoxy) is 1. The summed E-state index contributed by atoms with van der Waals surface area (Å²) in [5.74, 6) is 0.913. The summed E-state index contributed by atoms with van der Waals surface area (Å²) in [5, 5.41) is 19.7. The van der Waals surface area contributed by atoms with E-state index in [1.165, 1.54) is 0 Å². The van der Waals surface area contributed by atoms with Crippen LogP contribution in [0.1, 0.15) is 29.0 Å². The Bertz CT molecular complexity index is 1010. The molecule has 0 heterocycles. The highest BCUT2D eigenvalue weighted by Gasteiger charge is 2.20. The van der Waals surface area contributed by atoms with Crippen LogP contribution in [0.3, 0.4) is 0 Å². The Balaban J connectivity index is 1.87. The van der Waals surface area contributed by atoms with Crippen LogP contribution in [-0.2, 0) is 12.8 Å². The predicted octanol–water partition coefficient (Wildman–Crippen LogP) is 6.80. The van der Waals surface area contributed by atoms with E-state index in [1.807, 2.05) is 42.5 Å². The Morgan fingerprint density at radius 2 is 1.76 bits per heavy atom. The van der Waals surface area contributed by atoms with Crippen molar-refractivity contribution in [2.75, 3.05) is 7.11 Å². The minimum absolute atomic E-state index is 0.0744. The number of phenolic OH excluding ortho intramolecular Hbond substituents is 1. The van der Waals surface area contributed by atoms with Gasteiger partial charge in [0.25, 0.3) is 0 Å². The molecule has 5 heteroatoms. The predicted molar refractivity (Wildman–Crippen MR) is 123 cm³/mol. The highest BCUT2D eigenvalue weighted by atomic mass is 79.9. The summed E-state index contributed by atoms with van der Waals surface area (Å²) in [7, 11) is 1.64. The van der Waals surface area contributed by atoms with Gasteiger partial charge in [-0.3, -0.25) is 0 Å². The quantitative estimate of drug-likeness (QED) is 0.354. The number of phenols is 1. The number of benzene rings is 3. The van der Waals surface area contributed by atoms with Gasteiger partial charge in [0.1, 0.15) is 11.5 Å². The van der Waals surface area contributed by atoms with Gasteiger partial charge in [-0.25, -0.2) is 0 Å². The largest absolute Gasteiger partial charge is 0.508 e. The zero-order chi connectivity index (χ0) is 20.8. The third-order valence-electron chi connectivity index (χ3n) is 4.94. The van der Waals surface area contributed by atoms with Crippen molar-refractivity contribution < 1.29 is 9.84 Å². The van der Waals surface area contributed by atoms with Crippen LogP contribution in [0.4, 0.5) is 0 Å². The first-order valence-corrected chi connectivity index (χ1v) is 10.5. The summed E-state index contributed by atoms with van der Waals surface area (Å²) in [6.07, 6.45) is 1.69. The molecule has 1 atom stereocenters. The molecule has 0 aliphatic rings. The second-order valence-corrected chi connectivity index (χ2v) is 8.28. The van der Waals surface area contributed by atoms with Crippen molar-refractivity contribution in [1.29, 1.82) is 5.41 Å². The summed E-state index contributed by atoms with van der Waals surface area (Å²) < 4.78 is 6.44. The first-order valence-electron chi connectivity index (χ1n) is 9.38. The number of nitrogens with one attached hydrogen (secondary N) is 1. The molecular weight excluding hydrogens is 450 g/mol. The molecule has 1 unspecified atom stereocenters. The molecule has 3 aromatic carbocycles. The van der Waals surface area contributed by atoms with E-state index in [0.717, 1.165) is 26.9 Å². The van der Waals surface area contributed by atoms with Crippen LogP contribution in [0.25, 0.3) is 0 Å². The molecule has 0 aliphatic heterocycles. The molecule has 0 aliphatic carbocycles. The van der Waals surface area contributed by atoms with Crippen LogP contribution in [-0.4, -0.2) is 17.9 Å². The Morgan fingerprint density at radius 3 is 2.48 bits per heavy atom. The molecule has 0 saturated heterocycles. The van der Waals surface area contributed by atoms with E-state index in [2.05, 4.69) is 22.0 Å². The van der Waals surface area contributed by atoms with Gasteiger partial charge >= 0.3 is 0 Å². The minimum Gasteiger partial charge on any atom is -0.508 e. The maximum Gasteiger partial charge on any atom is 0.122 e. The highest BCUT2D eigenvalue weighted by molar-refractivity contribution is 9.10. The molecule has 3 rings (SSSR count). The number of hydrogen-bond acceptors (Lipinski definition) is 3. The first-order chi connectivity index (χ1) is 14.0. The molecule has 0 bridgehead atoms. The van der Waals surface area contributed by atoms with Crippen LogP contribution in [0.15, 0.2) is 71.2 Å². The van der Waals surface area contributed by atoms with Gasteiger partial charge in [0.2, 0.25) is 0 Å². The SMILES string of the molecule is COc1ccccc1CC(=N)CC(Cc1ccccc1Br)c1cc(Cl)ccc1O. The second-order valence-electron chi connectivity index (χ2n) is 6.99. The Labute approximate surface area is 184 Å². The lowest BCUT2D eigenvalue weighted by Gasteiger charge is -2.21. The summed E-state index contributed by atoms with van der Waals surface area (Å²) in [6, 6.07) is 20.9. The molecular formula is C24H23BrClNO2. The molecule has 0 aromatic heterocycles. The van der Waals surface area contributed by atoms with Crippen molar-refractivity contribution in [1.82, 2.24) is 0 Å². The van der Waals surface area contributed by atoms with Gasteiger partial charge in [0.05, 0.1) is 7.11 Å². The van der Waals surface area contributed by atoms with Crippen LogP contribution in [0, 0.1) is 5.41 Å². The van der Waals surface area contributed by atoms with Gasteiger partial charge in [-0.05, 0) is 65.8 Å². The molecule has 29 heavy (non-hydrogen) atoms. The average molecular weight is 473 g/mol. The van der Waals surface area contributed by atoms with Crippen molar-refractivity contribution in [2.24, 2.45) is 0 Å². The van der Waals surface area contributed by atoms with Crippen molar-refractivity contribution in [2.45, 2.75) is 25.2 Å². The lowest BCUT2D eigenvalue weighted by atomic mass is 9.86. The van der Waals surface area contributed by atoms with Gasteiger partial charge in [-0.1, -0.05) is 63.9 Å². The van der Waals surface area contributed by atoms with E-state index in [1.54, 1.807) is 25.3 Å². The van der Waals surface area contributed by atoms with E-state index < -0.39 is 0 Å². The van der Waals surface area contributed by atoms with Gasteiger partial charge in [-0.15, -0.1) is 0 Å². The van der Waals surface area contributed by atoms with E-state index in [9.17, 15) is 5.11 Å². The fraction of sp³-hybridized carbons (Fsp3) is 0.208. The summed E-state index contributed by atoms with van der Waals surface area (Å²) in [5.41, 5.74) is 3.45. The molecule has 0 spiro atoms. The van der Waals surface area contributed by atoms with Crippen LogP contribution in [0.5, 0.6) is 11.5 Å². The van der Waals surface area contributed by atoms with Crippen molar-refractivity contribution in [3.63, 3.8) is 0 Å². The fourth-order valence-corrected chi connectivity index (χ4v) is 4.15. The number of halogens is 2. The zero-order valence-corrected chi connectivity index (χ0v) is 18.5. The van der Waals surface area contributed by atoms with Gasteiger partial charge in [-0.2, -0.15) is 0 Å².